The van der Waals surface area contributed by atoms with Gasteiger partial charge in [0.15, 0.2) is 0 Å². The second kappa shape index (κ2) is 9.45. The maximum atomic E-state index is 11.9. The van der Waals surface area contributed by atoms with E-state index < -0.39 is 0 Å². The van der Waals surface area contributed by atoms with Crippen molar-refractivity contribution < 1.29 is 9.53 Å². The van der Waals surface area contributed by atoms with E-state index in [-0.39, 0.29) is 5.91 Å². The van der Waals surface area contributed by atoms with Gasteiger partial charge in [-0.3, -0.25) is 14.6 Å². The van der Waals surface area contributed by atoms with Crippen LogP contribution in [0.4, 0.5) is 5.95 Å². The Labute approximate surface area is 160 Å². The Balaban J connectivity index is 1.47. The Morgan fingerprint density at radius 3 is 2.78 bits per heavy atom. The predicted octanol–water partition coefficient (Wildman–Crippen LogP) is 2.02. The van der Waals surface area contributed by atoms with Gasteiger partial charge in [0.1, 0.15) is 5.75 Å². The molecule has 1 aromatic heterocycles. The van der Waals surface area contributed by atoms with Gasteiger partial charge in [0, 0.05) is 27.1 Å². The summed E-state index contributed by atoms with van der Waals surface area (Å²) in [6.07, 6.45) is 4.64. The summed E-state index contributed by atoms with van der Waals surface area (Å²) in [7, 11) is 1.72. The highest BCUT2D eigenvalue weighted by Gasteiger charge is 2.17. The van der Waals surface area contributed by atoms with Gasteiger partial charge in [-0.05, 0) is 60.5 Å². The van der Waals surface area contributed by atoms with Crippen LogP contribution in [0.5, 0.6) is 5.75 Å². The van der Waals surface area contributed by atoms with Gasteiger partial charge in [-0.15, -0.1) is 0 Å². The highest BCUT2D eigenvalue weighted by molar-refractivity contribution is 5.89. The molecule has 1 saturated heterocycles. The van der Waals surface area contributed by atoms with Crippen molar-refractivity contribution in [3.63, 3.8) is 0 Å². The van der Waals surface area contributed by atoms with E-state index >= 15 is 0 Å². The zero-order chi connectivity index (χ0) is 19.1. The smallest absolute Gasteiger partial charge is 0.251 e. The van der Waals surface area contributed by atoms with Crippen molar-refractivity contribution in [1.29, 1.82) is 0 Å². The number of ether oxygens (including phenoxy) is 1. The number of tetrazole rings is 1. The Kier molecular flexibility index (Phi) is 6.75. The lowest BCUT2D eigenvalue weighted by Gasteiger charge is -2.26. The number of rotatable bonds is 8. The molecule has 2 heterocycles. The van der Waals surface area contributed by atoms with Gasteiger partial charge < -0.3 is 4.74 Å². The number of anilines is 1. The van der Waals surface area contributed by atoms with Crippen LogP contribution in [0.25, 0.3) is 0 Å². The van der Waals surface area contributed by atoms with E-state index in [9.17, 15) is 4.79 Å². The molecule has 2 aromatic rings. The monoisotopic (exact) mass is 372 g/mol. The normalized spacial score (nSPS) is 14.9. The van der Waals surface area contributed by atoms with Gasteiger partial charge in [0.25, 0.3) is 5.95 Å². The molecule has 1 aliphatic heterocycles. The average molecular weight is 372 g/mol. The van der Waals surface area contributed by atoms with Gasteiger partial charge >= 0.3 is 0 Å². The van der Waals surface area contributed by atoms with Crippen molar-refractivity contribution in [1.82, 2.24) is 25.1 Å². The molecular formula is C19H28N6O2. The van der Waals surface area contributed by atoms with Crippen LogP contribution in [0, 0.1) is 0 Å². The number of amides is 1. The minimum absolute atomic E-state index is 0.0866. The molecule has 8 heteroatoms. The van der Waals surface area contributed by atoms with Crippen LogP contribution < -0.4 is 9.64 Å². The topological polar surface area (TPSA) is 76.4 Å². The van der Waals surface area contributed by atoms with E-state index in [1.165, 1.54) is 49.5 Å². The second-order valence-corrected chi connectivity index (χ2v) is 6.96. The molecule has 146 valence electrons. The minimum atomic E-state index is -0.0866. The van der Waals surface area contributed by atoms with E-state index in [0.717, 1.165) is 12.3 Å². The van der Waals surface area contributed by atoms with E-state index in [1.807, 2.05) is 12.1 Å². The van der Waals surface area contributed by atoms with Crippen molar-refractivity contribution in [2.75, 3.05) is 31.1 Å². The molecule has 1 aromatic carbocycles. The Morgan fingerprint density at radius 1 is 1.26 bits per heavy atom. The number of likely N-dealkylation sites (tertiary alicyclic amines) is 1. The fraction of sp³-hybridized carbons (Fsp3) is 0.579. The van der Waals surface area contributed by atoms with Gasteiger partial charge in [0.2, 0.25) is 5.91 Å². The van der Waals surface area contributed by atoms with Crippen LogP contribution in [-0.2, 0) is 18.4 Å². The van der Waals surface area contributed by atoms with E-state index in [4.69, 9.17) is 4.74 Å². The van der Waals surface area contributed by atoms with Crippen LogP contribution in [0.1, 0.15) is 38.2 Å². The fourth-order valence-corrected chi connectivity index (χ4v) is 3.37. The Hall–Kier alpha value is -2.48. The maximum absolute atomic E-state index is 11.9. The predicted molar refractivity (Wildman–Crippen MR) is 103 cm³/mol. The number of hydrogen-bond donors (Lipinski definition) is 0. The van der Waals surface area contributed by atoms with Crippen LogP contribution >= 0.6 is 0 Å². The molecule has 0 spiro atoms. The van der Waals surface area contributed by atoms with Crippen molar-refractivity contribution in [3.8, 4) is 5.75 Å². The standard InChI is InChI=1S/C19H28N6O2/c1-16(26)25(19-20-21-22-23(19)2)12-7-13-27-18-9-6-8-17(14-18)15-24-10-4-3-5-11-24/h6,8-9,14H,3-5,7,10-13,15H2,1-2H3. The van der Waals surface area contributed by atoms with Crippen LogP contribution in [0.15, 0.2) is 24.3 Å². The van der Waals surface area contributed by atoms with Crippen LogP contribution in [0.2, 0.25) is 0 Å². The van der Waals surface area contributed by atoms with Crippen LogP contribution in [0.3, 0.4) is 0 Å². The molecule has 1 amide bonds. The number of piperidine rings is 1. The van der Waals surface area contributed by atoms with Crippen molar-refractivity contribution in [2.24, 2.45) is 7.05 Å². The summed E-state index contributed by atoms with van der Waals surface area (Å²) in [4.78, 5) is 15.9. The highest BCUT2D eigenvalue weighted by atomic mass is 16.5. The molecule has 0 radical (unpaired) electrons. The third-order valence-corrected chi connectivity index (χ3v) is 4.77. The summed E-state index contributed by atoms with van der Waals surface area (Å²) in [6, 6.07) is 8.29. The molecule has 1 fully saturated rings. The Bertz CT molecular complexity index is 741. The zero-order valence-electron chi connectivity index (χ0n) is 16.2. The SMILES string of the molecule is CC(=O)N(CCCOc1cccc(CN2CCCCC2)c1)c1nnnn1C. The molecule has 0 bridgehead atoms. The van der Waals surface area contributed by atoms with Gasteiger partial charge in [-0.1, -0.05) is 23.7 Å². The van der Waals surface area contributed by atoms with Crippen molar-refractivity contribution in [2.45, 2.75) is 39.2 Å². The molecule has 0 unspecified atom stereocenters. The quantitative estimate of drug-likeness (QED) is 0.660. The third kappa shape index (κ3) is 5.50. The largest absolute Gasteiger partial charge is 0.494 e. The molecule has 3 rings (SSSR count). The van der Waals surface area contributed by atoms with E-state index in [1.54, 1.807) is 11.9 Å². The summed E-state index contributed by atoms with van der Waals surface area (Å²) in [6.45, 7) is 5.90. The number of aryl methyl sites for hydroxylation is 1. The second-order valence-electron chi connectivity index (χ2n) is 6.96. The van der Waals surface area contributed by atoms with Crippen LogP contribution in [-0.4, -0.2) is 57.3 Å². The number of carbonyl (C=O) groups excluding carboxylic acids is 1. The molecule has 0 atom stereocenters. The lowest BCUT2D eigenvalue weighted by molar-refractivity contribution is -0.116. The number of carbonyl (C=O) groups is 1. The minimum Gasteiger partial charge on any atom is -0.494 e. The summed E-state index contributed by atoms with van der Waals surface area (Å²) in [5, 5.41) is 11.3. The molecule has 0 aliphatic carbocycles. The number of benzene rings is 1. The zero-order valence-corrected chi connectivity index (χ0v) is 16.2. The highest BCUT2D eigenvalue weighted by Crippen LogP contribution is 2.18. The first-order valence-electron chi connectivity index (χ1n) is 9.58. The molecule has 0 N–H and O–H groups in total. The molecular weight excluding hydrogens is 344 g/mol. The van der Waals surface area contributed by atoms with E-state index in [0.29, 0.717) is 25.5 Å². The first-order valence-corrected chi connectivity index (χ1v) is 9.58. The maximum Gasteiger partial charge on any atom is 0.251 e. The van der Waals surface area contributed by atoms with Gasteiger partial charge in [-0.2, -0.15) is 0 Å². The van der Waals surface area contributed by atoms with Crippen molar-refractivity contribution in [3.05, 3.63) is 29.8 Å². The first-order chi connectivity index (χ1) is 13.1. The molecule has 8 nitrogen and oxygen atoms in total. The lowest BCUT2D eigenvalue weighted by Crippen LogP contribution is -2.32. The van der Waals surface area contributed by atoms with Gasteiger partial charge in [-0.25, -0.2) is 4.68 Å². The summed E-state index contributed by atoms with van der Waals surface area (Å²) < 4.78 is 7.39. The lowest BCUT2D eigenvalue weighted by atomic mass is 10.1. The molecule has 27 heavy (non-hydrogen) atoms. The Morgan fingerprint density at radius 2 is 2.07 bits per heavy atom. The van der Waals surface area contributed by atoms with E-state index in [2.05, 4.69) is 32.6 Å². The number of nitrogens with zero attached hydrogens (tertiary/aromatic N) is 6. The molecule has 1 aliphatic rings. The molecule has 0 saturated carbocycles. The summed E-state index contributed by atoms with van der Waals surface area (Å²) in [5.41, 5.74) is 1.28. The average Bonchev–Trinajstić information content (AvgIpc) is 3.08. The van der Waals surface area contributed by atoms with Crippen molar-refractivity contribution >= 4 is 11.9 Å². The third-order valence-electron chi connectivity index (χ3n) is 4.77. The first kappa shape index (κ1) is 19.3. The van der Waals surface area contributed by atoms with Gasteiger partial charge in [0.05, 0.1) is 6.61 Å². The summed E-state index contributed by atoms with van der Waals surface area (Å²) in [5.74, 6) is 1.24. The number of aromatic nitrogens is 4. The summed E-state index contributed by atoms with van der Waals surface area (Å²) >= 11 is 0. The fourth-order valence-electron chi connectivity index (χ4n) is 3.37. The number of hydrogen-bond acceptors (Lipinski definition) is 6.